The Hall–Kier alpha value is -1.00. The molecule has 0 spiro atoms. The number of carbonyl (C=O) groups excluding carboxylic acids is 1. The van der Waals surface area contributed by atoms with Crippen LogP contribution in [-0.2, 0) is 9.53 Å². The van der Waals surface area contributed by atoms with Gasteiger partial charge in [-0.15, -0.1) is 0 Å². The third-order valence-corrected chi connectivity index (χ3v) is 8.49. The summed E-state index contributed by atoms with van der Waals surface area (Å²) in [5, 5.41) is 0. The minimum absolute atomic E-state index is 0.559. The highest BCUT2D eigenvalue weighted by Crippen LogP contribution is 2.41. The van der Waals surface area contributed by atoms with E-state index in [2.05, 4.69) is 17.7 Å². The monoisotopic (exact) mass is 456 g/mol. The molecule has 0 saturated heterocycles. The van der Waals surface area contributed by atoms with Gasteiger partial charge in [-0.25, -0.2) is 4.79 Å². The summed E-state index contributed by atoms with van der Waals surface area (Å²) in [6, 6.07) is 0. The summed E-state index contributed by atoms with van der Waals surface area (Å²) in [6.07, 6.45) is 17.4. The summed E-state index contributed by atoms with van der Waals surface area (Å²) in [7, 11) is 0. The van der Waals surface area contributed by atoms with E-state index >= 15 is 0 Å². The van der Waals surface area contributed by atoms with Crippen LogP contribution in [0.5, 0.6) is 0 Å². The smallest absolute Gasteiger partial charge is 0.456 e. The molecule has 0 aromatic heterocycles. The van der Waals surface area contributed by atoms with Gasteiger partial charge >= 0.3 is 12.1 Å². The molecule has 1 atom stereocenters. The molecule has 3 rings (SSSR count). The largest absolute Gasteiger partial charge is 0.490 e. The maximum absolute atomic E-state index is 12.4. The summed E-state index contributed by atoms with van der Waals surface area (Å²) in [5.74, 6) is 1.09. The van der Waals surface area contributed by atoms with Crippen LogP contribution in [0.4, 0.5) is 13.2 Å². The minimum Gasteiger partial charge on any atom is -0.456 e. The first-order chi connectivity index (χ1) is 15.3. The first kappa shape index (κ1) is 25.6. The molecule has 0 bridgehead atoms. The van der Waals surface area contributed by atoms with E-state index in [1.807, 2.05) is 0 Å². The molecule has 0 radical (unpaired) electrons. The number of ether oxygens (including phenoxy) is 1. The van der Waals surface area contributed by atoms with Crippen molar-refractivity contribution in [3.8, 4) is 0 Å². The number of allylic oxidation sites excluding steroid dienone is 2. The van der Waals surface area contributed by atoms with Crippen LogP contribution >= 0.6 is 0 Å². The first-order valence-corrected chi connectivity index (χ1v) is 13.3. The second-order valence-corrected chi connectivity index (χ2v) is 10.8. The standard InChI is InChI=1S/C27H43F3O2/c1-2-3-4-5-20-6-8-21(9-7-20)10-11-22-12-14-23(15-13-22)24-16-18-25(19-17-24)32-26(31)27(28,29)30/h12,20-21,23-25H,2-11,13-19H2,1H3. The zero-order valence-electron chi connectivity index (χ0n) is 19.9. The molecule has 5 heteroatoms. The number of hydrogen-bond acceptors (Lipinski definition) is 2. The first-order valence-electron chi connectivity index (χ1n) is 13.3. The number of carbonyl (C=O) groups is 1. The summed E-state index contributed by atoms with van der Waals surface area (Å²) < 4.78 is 41.8. The quantitative estimate of drug-likeness (QED) is 0.197. The van der Waals surface area contributed by atoms with Crippen LogP contribution < -0.4 is 0 Å². The van der Waals surface area contributed by atoms with Crippen LogP contribution in [0.25, 0.3) is 0 Å². The molecule has 0 N–H and O–H groups in total. The van der Waals surface area contributed by atoms with Crippen molar-refractivity contribution in [2.45, 2.75) is 128 Å². The van der Waals surface area contributed by atoms with Crippen molar-refractivity contribution < 1.29 is 22.7 Å². The van der Waals surface area contributed by atoms with Crippen molar-refractivity contribution in [3.63, 3.8) is 0 Å². The Morgan fingerprint density at radius 3 is 2.12 bits per heavy atom. The summed E-state index contributed by atoms with van der Waals surface area (Å²) in [6.45, 7) is 2.28. The molecule has 2 saturated carbocycles. The lowest BCUT2D eigenvalue weighted by atomic mass is 9.72. The van der Waals surface area contributed by atoms with E-state index in [0.717, 1.165) is 31.1 Å². The molecule has 0 aromatic carbocycles. The van der Waals surface area contributed by atoms with Crippen LogP contribution in [0.15, 0.2) is 11.6 Å². The lowest BCUT2D eigenvalue weighted by Crippen LogP contribution is -2.33. The van der Waals surface area contributed by atoms with Gasteiger partial charge in [0.15, 0.2) is 0 Å². The lowest BCUT2D eigenvalue weighted by Gasteiger charge is -2.35. The number of esters is 1. The van der Waals surface area contributed by atoms with E-state index in [4.69, 9.17) is 0 Å². The maximum Gasteiger partial charge on any atom is 0.490 e. The molecular weight excluding hydrogens is 413 g/mol. The molecule has 2 fully saturated rings. The highest BCUT2D eigenvalue weighted by molar-refractivity contribution is 5.75. The van der Waals surface area contributed by atoms with E-state index in [1.54, 1.807) is 5.57 Å². The molecule has 3 aliphatic rings. The van der Waals surface area contributed by atoms with E-state index < -0.39 is 18.2 Å². The molecule has 0 aliphatic heterocycles. The summed E-state index contributed by atoms with van der Waals surface area (Å²) in [5.41, 5.74) is 1.64. The Morgan fingerprint density at radius 1 is 0.906 bits per heavy atom. The van der Waals surface area contributed by atoms with Crippen molar-refractivity contribution >= 4 is 5.97 Å². The Labute approximate surface area is 192 Å². The van der Waals surface area contributed by atoms with Gasteiger partial charge in [-0.2, -0.15) is 13.2 Å². The highest BCUT2D eigenvalue weighted by atomic mass is 19.4. The highest BCUT2D eigenvalue weighted by Gasteiger charge is 2.43. The van der Waals surface area contributed by atoms with E-state index in [9.17, 15) is 18.0 Å². The van der Waals surface area contributed by atoms with Gasteiger partial charge < -0.3 is 4.74 Å². The van der Waals surface area contributed by atoms with Gasteiger partial charge in [-0.05, 0) is 81.5 Å². The van der Waals surface area contributed by atoms with Crippen LogP contribution in [0.2, 0.25) is 0 Å². The van der Waals surface area contributed by atoms with E-state index in [1.165, 1.54) is 77.0 Å². The van der Waals surface area contributed by atoms with Crippen molar-refractivity contribution in [1.29, 1.82) is 0 Å². The normalized spacial score (nSPS) is 31.8. The molecule has 1 unspecified atom stereocenters. The van der Waals surface area contributed by atoms with Crippen molar-refractivity contribution in [2.75, 3.05) is 0 Å². The predicted octanol–water partition coefficient (Wildman–Crippen LogP) is 8.54. The second-order valence-electron chi connectivity index (χ2n) is 10.8. The van der Waals surface area contributed by atoms with Crippen LogP contribution in [0.1, 0.15) is 116 Å². The van der Waals surface area contributed by atoms with Crippen molar-refractivity contribution in [3.05, 3.63) is 11.6 Å². The van der Waals surface area contributed by atoms with E-state index in [0.29, 0.717) is 24.7 Å². The van der Waals surface area contributed by atoms with Gasteiger partial charge in [0.2, 0.25) is 0 Å². The van der Waals surface area contributed by atoms with Gasteiger partial charge in [0, 0.05) is 0 Å². The van der Waals surface area contributed by atoms with Gasteiger partial charge in [-0.1, -0.05) is 69.9 Å². The number of rotatable bonds is 9. The van der Waals surface area contributed by atoms with Gasteiger partial charge in [-0.3, -0.25) is 0 Å². The topological polar surface area (TPSA) is 26.3 Å². The molecule has 0 aromatic rings. The fourth-order valence-electron chi connectivity index (χ4n) is 6.34. The summed E-state index contributed by atoms with van der Waals surface area (Å²) >= 11 is 0. The molecule has 0 heterocycles. The minimum atomic E-state index is -4.88. The average molecular weight is 457 g/mol. The number of halogens is 3. The number of alkyl halides is 3. The third kappa shape index (κ3) is 8.09. The van der Waals surface area contributed by atoms with Crippen LogP contribution in [0, 0.1) is 23.7 Å². The number of unbranched alkanes of at least 4 members (excludes halogenated alkanes) is 2. The zero-order chi connectivity index (χ0) is 23.0. The molecule has 184 valence electrons. The number of hydrogen-bond donors (Lipinski definition) is 0. The fraction of sp³-hybridized carbons (Fsp3) is 0.889. The Kier molecular flexibility index (Phi) is 9.98. The third-order valence-electron chi connectivity index (χ3n) is 8.49. The molecule has 0 amide bonds. The molecular formula is C27H43F3O2. The van der Waals surface area contributed by atoms with Gasteiger partial charge in [0.25, 0.3) is 0 Å². The summed E-state index contributed by atoms with van der Waals surface area (Å²) in [4.78, 5) is 11.0. The van der Waals surface area contributed by atoms with Crippen molar-refractivity contribution in [2.24, 2.45) is 23.7 Å². The molecule has 2 nitrogen and oxygen atoms in total. The maximum atomic E-state index is 12.4. The Balaban J connectivity index is 1.30. The predicted molar refractivity (Wildman–Crippen MR) is 122 cm³/mol. The van der Waals surface area contributed by atoms with Gasteiger partial charge in [0.1, 0.15) is 6.10 Å². The molecule has 32 heavy (non-hydrogen) atoms. The lowest BCUT2D eigenvalue weighted by molar-refractivity contribution is -0.206. The Morgan fingerprint density at radius 2 is 1.56 bits per heavy atom. The van der Waals surface area contributed by atoms with Crippen LogP contribution in [-0.4, -0.2) is 18.2 Å². The fourth-order valence-corrected chi connectivity index (χ4v) is 6.34. The average Bonchev–Trinajstić information content (AvgIpc) is 2.79. The SMILES string of the molecule is CCCCCC1CCC(CCC2=CCC(C3CCC(OC(=O)C(F)(F)F)CC3)CC2)CC1. The van der Waals surface area contributed by atoms with Crippen molar-refractivity contribution in [1.82, 2.24) is 0 Å². The Bertz CT molecular complexity index is 597. The van der Waals surface area contributed by atoms with Crippen LogP contribution in [0.3, 0.4) is 0 Å². The molecule has 3 aliphatic carbocycles. The van der Waals surface area contributed by atoms with Gasteiger partial charge in [0.05, 0.1) is 0 Å². The van der Waals surface area contributed by atoms with E-state index in [-0.39, 0.29) is 0 Å². The second kappa shape index (κ2) is 12.5. The zero-order valence-corrected chi connectivity index (χ0v) is 19.9.